The quantitative estimate of drug-likeness (QED) is 0.871. The van der Waals surface area contributed by atoms with Crippen LogP contribution in [0.5, 0.6) is 0 Å². The second-order valence-corrected chi connectivity index (χ2v) is 4.92. The molecular weight excluding hydrogens is 250 g/mol. The summed E-state index contributed by atoms with van der Waals surface area (Å²) in [5.41, 5.74) is 1.07. The first-order chi connectivity index (χ1) is 8.28. The van der Waals surface area contributed by atoms with Crippen LogP contribution in [-0.2, 0) is 13.6 Å². The van der Waals surface area contributed by atoms with Gasteiger partial charge < -0.3 is 5.32 Å². The number of piperidine rings is 1. The van der Waals surface area contributed by atoms with Crippen LogP contribution in [0.25, 0.3) is 0 Å². The van der Waals surface area contributed by atoms with Crippen molar-refractivity contribution >= 4 is 12.4 Å². The first kappa shape index (κ1) is 15.4. The van der Waals surface area contributed by atoms with E-state index in [0.717, 1.165) is 31.2 Å². The summed E-state index contributed by atoms with van der Waals surface area (Å²) in [5.74, 6) is 0.792. The van der Waals surface area contributed by atoms with E-state index in [-0.39, 0.29) is 12.4 Å². The zero-order chi connectivity index (χ0) is 12.1. The highest BCUT2D eigenvalue weighted by molar-refractivity contribution is 5.85. The first-order valence-electron chi connectivity index (χ1n) is 6.56. The minimum atomic E-state index is 0. The molecule has 2 rings (SSSR count). The highest BCUT2D eigenvalue weighted by Gasteiger charge is 2.16. The van der Waals surface area contributed by atoms with Crippen LogP contribution >= 0.6 is 12.4 Å². The van der Waals surface area contributed by atoms with Gasteiger partial charge in [0.1, 0.15) is 0 Å². The minimum Gasteiger partial charge on any atom is -0.316 e. The molecule has 5 nitrogen and oxygen atoms in total. The molecule has 0 spiro atoms. The molecule has 0 bridgehead atoms. The molecule has 104 valence electrons. The van der Waals surface area contributed by atoms with Crippen LogP contribution in [0.15, 0.2) is 6.20 Å². The molecule has 1 unspecified atom stereocenters. The van der Waals surface area contributed by atoms with Gasteiger partial charge in [-0.05, 0) is 38.4 Å². The third-order valence-corrected chi connectivity index (χ3v) is 3.40. The highest BCUT2D eigenvalue weighted by Crippen LogP contribution is 2.13. The minimum absolute atomic E-state index is 0. The SMILES string of the molecule is CCN(Cc1cn(C)nn1)CC1CCCNC1.Cl. The molecule has 1 N–H and O–H groups in total. The van der Waals surface area contributed by atoms with E-state index in [1.54, 1.807) is 4.68 Å². The van der Waals surface area contributed by atoms with Gasteiger partial charge in [0, 0.05) is 26.3 Å². The molecule has 0 aromatic carbocycles. The van der Waals surface area contributed by atoms with E-state index in [0.29, 0.717) is 0 Å². The molecule has 1 fully saturated rings. The molecule has 0 amide bonds. The molecular formula is C12H24ClN5. The standard InChI is InChI=1S/C12H23N5.ClH/c1-3-17(8-11-5-4-6-13-7-11)10-12-9-16(2)15-14-12;/h9,11,13H,3-8,10H2,1-2H3;1H. The normalized spacial score (nSPS) is 19.8. The van der Waals surface area contributed by atoms with Crippen molar-refractivity contribution in [2.24, 2.45) is 13.0 Å². The van der Waals surface area contributed by atoms with Gasteiger partial charge in [-0.3, -0.25) is 9.58 Å². The Kier molecular flexibility index (Phi) is 6.60. The van der Waals surface area contributed by atoms with Gasteiger partial charge in [-0.2, -0.15) is 0 Å². The van der Waals surface area contributed by atoms with Gasteiger partial charge in [-0.25, -0.2) is 0 Å². The Balaban J connectivity index is 0.00000162. The Morgan fingerprint density at radius 3 is 2.94 bits per heavy atom. The maximum atomic E-state index is 4.15. The summed E-state index contributed by atoms with van der Waals surface area (Å²) in [6.45, 7) is 7.73. The third-order valence-electron chi connectivity index (χ3n) is 3.40. The smallest absolute Gasteiger partial charge is 0.0966 e. The van der Waals surface area contributed by atoms with Crippen molar-refractivity contribution in [2.75, 3.05) is 26.2 Å². The molecule has 0 aliphatic carbocycles. The molecule has 1 atom stereocenters. The topological polar surface area (TPSA) is 46.0 Å². The molecule has 0 saturated carbocycles. The Bertz CT molecular complexity index is 335. The third kappa shape index (κ3) is 4.55. The lowest BCUT2D eigenvalue weighted by Gasteiger charge is -2.28. The summed E-state index contributed by atoms with van der Waals surface area (Å²) in [6.07, 6.45) is 4.67. The predicted octanol–water partition coefficient (Wildman–Crippen LogP) is 1.06. The number of nitrogens with zero attached hydrogens (tertiary/aromatic N) is 4. The average molecular weight is 274 g/mol. The van der Waals surface area contributed by atoms with Crippen LogP contribution in [0.3, 0.4) is 0 Å². The van der Waals surface area contributed by atoms with Crippen LogP contribution in [-0.4, -0.2) is 46.1 Å². The van der Waals surface area contributed by atoms with Crippen molar-refractivity contribution in [1.82, 2.24) is 25.2 Å². The van der Waals surface area contributed by atoms with E-state index in [2.05, 4.69) is 27.5 Å². The second kappa shape index (κ2) is 7.71. The monoisotopic (exact) mass is 273 g/mol. The van der Waals surface area contributed by atoms with Gasteiger partial charge in [0.25, 0.3) is 0 Å². The fourth-order valence-corrected chi connectivity index (χ4v) is 2.45. The average Bonchev–Trinajstić information content (AvgIpc) is 2.75. The van der Waals surface area contributed by atoms with Crippen molar-refractivity contribution in [2.45, 2.75) is 26.3 Å². The van der Waals surface area contributed by atoms with Crippen LogP contribution < -0.4 is 5.32 Å². The van der Waals surface area contributed by atoms with E-state index < -0.39 is 0 Å². The van der Waals surface area contributed by atoms with Crippen LogP contribution in [0.1, 0.15) is 25.5 Å². The molecule has 1 aromatic heterocycles. The maximum Gasteiger partial charge on any atom is 0.0966 e. The zero-order valence-electron chi connectivity index (χ0n) is 11.3. The van der Waals surface area contributed by atoms with Crippen molar-refractivity contribution in [3.8, 4) is 0 Å². The van der Waals surface area contributed by atoms with E-state index in [1.807, 2.05) is 13.2 Å². The van der Waals surface area contributed by atoms with Gasteiger partial charge in [0.15, 0.2) is 0 Å². The lowest BCUT2D eigenvalue weighted by atomic mass is 9.99. The highest BCUT2D eigenvalue weighted by atomic mass is 35.5. The molecule has 1 aliphatic rings. The summed E-state index contributed by atoms with van der Waals surface area (Å²) in [5, 5.41) is 11.6. The number of aryl methyl sites for hydroxylation is 1. The lowest BCUT2D eigenvalue weighted by Crippen LogP contribution is -2.38. The summed E-state index contributed by atoms with van der Waals surface area (Å²) in [4.78, 5) is 2.46. The number of rotatable bonds is 5. The summed E-state index contributed by atoms with van der Waals surface area (Å²) in [6, 6.07) is 0. The largest absolute Gasteiger partial charge is 0.316 e. The fraction of sp³-hybridized carbons (Fsp3) is 0.833. The van der Waals surface area contributed by atoms with Crippen molar-refractivity contribution < 1.29 is 0 Å². The summed E-state index contributed by atoms with van der Waals surface area (Å²) < 4.78 is 1.77. The lowest BCUT2D eigenvalue weighted by molar-refractivity contribution is 0.208. The van der Waals surface area contributed by atoms with Crippen molar-refractivity contribution in [3.05, 3.63) is 11.9 Å². The van der Waals surface area contributed by atoms with E-state index in [1.165, 1.54) is 25.9 Å². The van der Waals surface area contributed by atoms with Gasteiger partial charge in [-0.15, -0.1) is 17.5 Å². The Labute approximate surface area is 115 Å². The van der Waals surface area contributed by atoms with Crippen LogP contribution in [0.2, 0.25) is 0 Å². The Morgan fingerprint density at radius 2 is 2.39 bits per heavy atom. The van der Waals surface area contributed by atoms with Crippen molar-refractivity contribution in [1.29, 1.82) is 0 Å². The Hall–Kier alpha value is -0.650. The van der Waals surface area contributed by atoms with Crippen LogP contribution in [0, 0.1) is 5.92 Å². The van der Waals surface area contributed by atoms with Gasteiger partial charge >= 0.3 is 0 Å². The number of hydrogen-bond acceptors (Lipinski definition) is 4. The zero-order valence-corrected chi connectivity index (χ0v) is 12.1. The molecule has 1 saturated heterocycles. The van der Waals surface area contributed by atoms with Gasteiger partial charge in [-0.1, -0.05) is 12.1 Å². The molecule has 1 aromatic rings. The second-order valence-electron chi connectivity index (χ2n) is 4.92. The van der Waals surface area contributed by atoms with Crippen LogP contribution in [0.4, 0.5) is 0 Å². The predicted molar refractivity (Wildman–Crippen MR) is 74.8 cm³/mol. The molecule has 1 aliphatic heterocycles. The number of nitrogens with one attached hydrogen (secondary N) is 1. The molecule has 0 radical (unpaired) electrons. The molecule has 2 heterocycles. The van der Waals surface area contributed by atoms with E-state index in [9.17, 15) is 0 Å². The van der Waals surface area contributed by atoms with E-state index >= 15 is 0 Å². The van der Waals surface area contributed by atoms with E-state index in [4.69, 9.17) is 0 Å². The summed E-state index contributed by atoms with van der Waals surface area (Å²) >= 11 is 0. The number of hydrogen-bond donors (Lipinski definition) is 1. The van der Waals surface area contributed by atoms with Gasteiger partial charge in [0.2, 0.25) is 0 Å². The number of halogens is 1. The maximum absolute atomic E-state index is 4.15. The number of aromatic nitrogens is 3. The summed E-state index contributed by atoms with van der Waals surface area (Å²) in [7, 11) is 1.91. The molecule has 18 heavy (non-hydrogen) atoms. The first-order valence-corrected chi connectivity index (χ1v) is 6.56. The van der Waals surface area contributed by atoms with Gasteiger partial charge in [0.05, 0.1) is 5.69 Å². The molecule has 6 heteroatoms. The Morgan fingerprint density at radius 1 is 1.56 bits per heavy atom. The fourth-order valence-electron chi connectivity index (χ4n) is 2.45. The van der Waals surface area contributed by atoms with Crippen molar-refractivity contribution in [3.63, 3.8) is 0 Å².